The van der Waals surface area contributed by atoms with Crippen LogP contribution in [0.4, 0.5) is 27.8 Å². The van der Waals surface area contributed by atoms with Crippen LogP contribution in [0.5, 0.6) is 0 Å². The smallest absolute Gasteiger partial charge is 0.416 e. The molecule has 1 saturated heterocycles. The van der Waals surface area contributed by atoms with Gasteiger partial charge >= 0.3 is 11.3 Å². The van der Waals surface area contributed by atoms with Crippen LogP contribution < -0.4 is 4.90 Å². The number of nitrogens with zero attached hydrogens (tertiary/aromatic N) is 5. The van der Waals surface area contributed by atoms with Gasteiger partial charge in [-0.15, -0.1) is 0 Å². The number of rotatable bonds is 4. The second-order valence-corrected chi connectivity index (χ2v) is 8.00. The topological polar surface area (TPSA) is 79.1 Å². The Labute approximate surface area is 176 Å². The predicted octanol–water partition coefficient (Wildman–Crippen LogP) is 3.35. The van der Waals surface area contributed by atoms with E-state index in [0.717, 1.165) is 22.8 Å². The lowest BCUT2D eigenvalue weighted by Crippen LogP contribution is -2.37. The molecule has 0 saturated carbocycles. The van der Waals surface area contributed by atoms with Crippen molar-refractivity contribution < 1.29 is 31.2 Å². The first-order valence-corrected chi connectivity index (χ1v) is 10.6. The van der Waals surface area contributed by atoms with Crippen molar-refractivity contribution in [3.8, 4) is 5.82 Å². The van der Waals surface area contributed by atoms with Crippen molar-refractivity contribution in [2.75, 3.05) is 37.5 Å². The molecule has 166 valence electrons. The third-order valence-corrected chi connectivity index (χ3v) is 5.40. The van der Waals surface area contributed by atoms with E-state index in [0.29, 0.717) is 32.1 Å². The van der Waals surface area contributed by atoms with Gasteiger partial charge in [-0.3, -0.25) is 4.57 Å². The Morgan fingerprint density at radius 2 is 1.74 bits per heavy atom. The normalized spacial score (nSPS) is 16.3. The van der Waals surface area contributed by atoms with Gasteiger partial charge in [0.2, 0.25) is 0 Å². The van der Waals surface area contributed by atoms with Gasteiger partial charge in [-0.05, 0) is 18.2 Å². The Kier molecular flexibility index (Phi) is 5.75. The van der Waals surface area contributed by atoms with Crippen molar-refractivity contribution in [3.63, 3.8) is 0 Å². The third kappa shape index (κ3) is 4.29. The maximum Gasteiger partial charge on any atom is 0.416 e. The predicted molar refractivity (Wildman–Crippen MR) is 102 cm³/mol. The summed E-state index contributed by atoms with van der Waals surface area (Å²) in [5, 5.41) is -0.131. The van der Waals surface area contributed by atoms with Gasteiger partial charge in [0.05, 0.1) is 29.8 Å². The quantitative estimate of drug-likeness (QED) is 0.337. The number of hydrogen-bond acceptors (Lipinski definition) is 6. The zero-order chi connectivity index (χ0) is 22.3. The van der Waals surface area contributed by atoms with E-state index in [1.807, 2.05) is 0 Å². The van der Waals surface area contributed by atoms with Gasteiger partial charge in [-0.1, -0.05) is 0 Å². The van der Waals surface area contributed by atoms with Gasteiger partial charge in [-0.25, -0.2) is 13.8 Å². The minimum atomic E-state index is -4.67. The lowest BCUT2D eigenvalue weighted by atomic mass is 10.2. The second kappa shape index (κ2) is 8.20. The molecule has 2 aromatic heterocycles. The summed E-state index contributed by atoms with van der Waals surface area (Å²) in [6, 6.07) is 3.92. The summed E-state index contributed by atoms with van der Waals surface area (Å²) in [5.74, 6) is -0.597. The van der Waals surface area contributed by atoms with Gasteiger partial charge < -0.3 is 14.2 Å². The van der Waals surface area contributed by atoms with E-state index < -0.39 is 35.2 Å². The molecule has 0 radical (unpaired) electrons. The van der Waals surface area contributed by atoms with Crippen molar-refractivity contribution in [3.05, 3.63) is 35.7 Å². The van der Waals surface area contributed by atoms with Crippen LogP contribution in [0.1, 0.15) is 17.8 Å². The lowest BCUT2D eigenvalue weighted by molar-refractivity contribution is -0.137. The summed E-state index contributed by atoms with van der Waals surface area (Å²) in [7, 11) is 0. The van der Waals surface area contributed by atoms with E-state index in [-0.39, 0.29) is 22.0 Å². The molecule has 7 nitrogen and oxygen atoms in total. The van der Waals surface area contributed by atoms with E-state index in [1.54, 1.807) is 4.90 Å². The minimum Gasteiger partial charge on any atom is -0.609 e. The van der Waals surface area contributed by atoms with Crippen molar-refractivity contribution >= 4 is 28.0 Å². The molecule has 1 unspecified atom stereocenters. The number of anilines is 1. The van der Waals surface area contributed by atoms with Crippen LogP contribution >= 0.6 is 0 Å². The molecular formula is C18H16F5N5O2S. The maximum absolute atomic E-state index is 13.8. The summed E-state index contributed by atoms with van der Waals surface area (Å²) in [6.07, 6.45) is -6.43. The van der Waals surface area contributed by atoms with Gasteiger partial charge in [0, 0.05) is 30.3 Å². The zero-order valence-electron chi connectivity index (χ0n) is 16.1. The molecule has 4 rings (SSSR count). The zero-order valence-corrected chi connectivity index (χ0v) is 16.9. The highest BCUT2D eigenvalue weighted by atomic mass is 32.2. The number of ether oxygens (including phenoxy) is 1. The number of morpholine rings is 1. The van der Waals surface area contributed by atoms with Crippen LogP contribution in [0, 0.1) is 0 Å². The van der Waals surface area contributed by atoms with E-state index in [2.05, 4.69) is 15.0 Å². The van der Waals surface area contributed by atoms with Crippen LogP contribution in [0.25, 0.3) is 16.9 Å². The number of hydrogen-bond donors (Lipinski definition) is 0. The molecule has 0 N–H and O–H groups in total. The monoisotopic (exact) mass is 461 g/mol. The molecule has 3 heterocycles. The maximum atomic E-state index is 13.8. The molecule has 1 atom stereocenters. The van der Waals surface area contributed by atoms with Crippen LogP contribution in [0.2, 0.25) is 0 Å². The lowest BCUT2D eigenvalue weighted by Gasteiger charge is -2.28. The van der Waals surface area contributed by atoms with Crippen molar-refractivity contribution in [1.29, 1.82) is 0 Å². The molecule has 1 aliphatic heterocycles. The Balaban J connectivity index is 1.95. The fourth-order valence-electron chi connectivity index (χ4n) is 3.26. The highest BCUT2D eigenvalue weighted by Crippen LogP contribution is 2.34. The molecule has 13 heteroatoms. The third-order valence-electron chi connectivity index (χ3n) is 4.70. The summed E-state index contributed by atoms with van der Waals surface area (Å²) < 4.78 is 85.5. The van der Waals surface area contributed by atoms with Crippen molar-refractivity contribution in [1.82, 2.24) is 19.5 Å². The summed E-state index contributed by atoms with van der Waals surface area (Å²) >= 11 is -1.67. The first-order valence-electron chi connectivity index (χ1n) is 9.08. The summed E-state index contributed by atoms with van der Waals surface area (Å²) in [5.41, 5.74) is -1.25. The SMILES string of the molecule is C[S+]([O-])c1nc(N2CCOCC2)cc(-n2c(C(F)F)nc3ccc(C(F)(F)F)cc32)n1. The molecule has 1 fully saturated rings. The standard InChI is InChI=1S/C18H16F5N5O2S/c1-31(29)17-25-13(27-4-6-30-7-5-27)9-14(26-17)28-12-8-10(18(21,22)23)2-3-11(12)24-16(28)15(19)20/h2-3,8-9,15H,4-7H2,1H3. The number of aromatic nitrogens is 4. The molecule has 1 aliphatic rings. The van der Waals surface area contributed by atoms with E-state index in [4.69, 9.17) is 4.74 Å². The first kappa shape index (κ1) is 21.7. The van der Waals surface area contributed by atoms with Crippen molar-refractivity contribution in [2.45, 2.75) is 17.8 Å². The minimum absolute atomic E-state index is 0.0472. The van der Waals surface area contributed by atoms with E-state index in [1.165, 1.54) is 12.3 Å². The van der Waals surface area contributed by atoms with Gasteiger partial charge in [0.25, 0.3) is 6.43 Å². The van der Waals surface area contributed by atoms with Gasteiger partial charge in [-0.2, -0.15) is 23.1 Å². The van der Waals surface area contributed by atoms with E-state index in [9.17, 15) is 26.5 Å². The molecule has 1 aromatic carbocycles. The largest absolute Gasteiger partial charge is 0.609 e. The molecule has 0 spiro atoms. The molecular weight excluding hydrogens is 445 g/mol. The molecule has 0 bridgehead atoms. The Hall–Kier alpha value is -2.51. The molecule has 3 aromatic rings. The Bertz CT molecular complexity index is 1100. The summed E-state index contributed by atoms with van der Waals surface area (Å²) in [4.78, 5) is 13.9. The number of imidazole rings is 1. The summed E-state index contributed by atoms with van der Waals surface area (Å²) in [6.45, 7) is 1.73. The highest BCUT2D eigenvalue weighted by Gasteiger charge is 2.32. The fourth-order valence-corrected chi connectivity index (χ4v) is 3.70. The Morgan fingerprint density at radius 1 is 1.06 bits per heavy atom. The second-order valence-electron chi connectivity index (χ2n) is 6.73. The fraction of sp³-hybridized carbons (Fsp3) is 0.389. The Morgan fingerprint density at radius 3 is 2.35 bits per heavy atom. The van der Waals surface area contributed by atoms with Crippen LogP contribution in [-0.2, 0) is 22.1 Å². The van der Waals surface area contributed by atoms with Crippen LogP contribution in [0.3, 0.4) is 0 Å². The van der Waals surface area contributed by atoms with Gasteiger partial charge in [0.1, 0.15) is 17.9 Å². The van der Waals surface area contributed by atoms with E-state index >= 15 is 0 Å². The molecule has 0 amide bonds. The number of fused-ring (bicyclic) bond motifs is 1. The number of alkyl halides is 5. The number of benzene rings is 1. The highest BCUT2D eigenvalue weighted by molar-refractivity contribution is 7.90. The van der Waals surface area contributed by atoms with Crippen LogP contribution in [-0.4, -0.2) is 56.6 Å². The molecule has 0 aliphatic carbocycles. The number of halogens is 5. The average molecular weight is 461 g/mol. The molecule has 31 heavy (non-hydrogen) atoms. The first-order chi connectivity index (χ1) is 14.6. The van der Waals surface area contributed by atoms with Gasteiger partial charge in [0.15, 0.2) is 5.82 Å². The van der Waals surface area contributed by atoms with Crippen LogP contribution in [0.15, 0.2) is 29.4 Å². The average Bonchev–Trinajstić information content (AvgIpc) is 3.12. The van der Waals surface area contributed by atoms with Crippen molar-refractivity contribution in [2.24, 2.45) is 0 Å².